The Bertz CT molecular complexity index is 437. The molecule has 1 heterocycles. The molecule has 0 saturated heterocycles. The number of hydrogen-bond acceptors (Lipinski definition) is 1. The smallest absolute Gasteiger partial charge is 0.108 e. The van der Waals surface area contributed by atoms with Gasteiger partial charge in [0.15, 0.2) is 0 Å². The van der Waals surface area contributed by atoms with Gasteiger partial charge in [-0.3, -0.25) is 4.98 Å². The quantitative estimate of drug-likeness (QED) is 0.735. The van der Waals surface area contributed by atoms with Gasteiger partial charge in [-0.25, -0.2) is 0 Å². The van der Waals surface area contributed by atoms with Gasteiger partial charge in [-0.2, -0.15) is 0 Å². The highest BCUT2D eigenvalue weighted by molar-refractivity contribution is 6.88. The minimum Gasteiger partial charge on any atom is -0.266 e. The molecule has 0 unspecified atom stereocenters. The maximum atomic E-state index is 4.51. The SMILES string of the molecule is C[Si](C)(Cc1ccccc1)c1ccccn1. The zero-order valence-corrected chi connectivity index (χ0v) is 10.9. The lowest BCUT2D eigenvalue weighted by Gasteiger charge is -2.21. The van der Waals surface area contributed by atoms with E-state index in [0.29, 0.717) is 0 Å². The van der Waals surface area contributed by atoms with E-state index in [1.807, 2.05) is 12.3 Å². The van der Waals surface area contributed by atoms with Crippen molar-refractivity contribution in [2.75, 3.05) is 0 Å². The predicted octanol–water partition coefficient (Wildman–Crippen LogP) is 2.78. The summed E-state index contributed by atoms with van der Waals surface area (Å²) in [6.45, 7) is 4.75. The first-order valence-corrected chi connectivity index (χ1v) is 8.85. The second-order valence-corrected chi connectivity index (χ2v) is 9.39. The first-order valence-electron chi connectivity index (χ1n) is 5.64. The van der Waals surface area contributed by atoms with Gasteiger partial charge >= 0.3 is 0 Å². The monoisotopic (exact) mass is 227 g/mol. The summed E-state index contributed by atoms with van der Waals surface area (Å²) in [5.41, 5.74) is 1.42. The van der Waals surface area contributed by atoms with Crippen molar-refractivity contribution in [2.24, 2.45) is 0 Å². The molecule has 0 atom stereocenters. The van der Waals surface area contributed by atoms with Gasteiger partial charge in [-0.1, -0.05) is 55.1 Å². The van der Waals surface area contributed by atoms with E-state index in [0.717, 1.165) is 6.04 Å². The molecule has 2 aromatic rings. The molecule has 0 fully saturated rings. The Kier molecular flexibility index (Phi) is 3.20. The lowest BCUT2D eigenvalue weighted by Crippen LogP contribution is -2.45. The van der Waals surface area contributed by atoms with Crippen LogP contribution >= 0.6 is 0 Å². The molecule has 0 aliphatic carbocycles. The van der Waals surface area contributed by atoms with Crippen molar-refractivity contribution in [3.8, 4) is 0 Å². The lowest BCUT2D eigenvalue weighted by molar-refractivity contribution is 1.28. The first-order chi connectivity index (χ1) is 7.68. The van der Waals surface area contributed by atoms with Gasteiger partial charge in [0.05, 0.1) is 0 Å². The molecule has 0 spiro atoms. The summed E-state index contributed by atoms with van der Waals surface area (Å²) in [7, 11) is -1.43. The van der Waals surface area contributed by atoms with Crippen LogP contribution in [0.1, 0.15) is 5.56 Å². The largest absolute Gasteiger partial charge is 0.266 e. The Balaban J connectivity index is 2.21. The number of nitrogens with zero attached hydrogens (tertiary/aromatic N) is 1. The summed E-state index contributed by atoms with van der Waals surface area (Å²) < 4.78 is 0. The molecular weight excluding hydrogens is 210 g/mol. The molecule has 82 valence electrons. The van der Waals surface area contributed by atoms with E-state index < -0.39 is 8.07 Å². The standard InChI is InChI=1S/C14H17NSi/c1-16(2,14-10-6-7-11-15-14)12-13-8-4-3-5-9-13/h3-11H,12H2,1-2H3. The van der Waals surface area contributed by atoms with E-state index in [9.17, 15) is 0 Å². The topological polar surface area (TPSA) is 12.9 Å². The number of hydrogen-bond donors (Lipinski definition) is 0. The van der Waals surface area contributed by atoms with Crippen molar-refractivity contribution in [1.82, 2.24) is 4.98 Å². The Morgan fingerprint density at radius 3 is 2.25 bits per heavy atom. The molecule has 0 bridgehead atoms. The van der Waals surface area contributed by atoms with Crippen LogP contribution in [-0.4, -0.2) is 13.1 Å². The highest BCUT2D eigenvalue weighted by Crippen LogP contribution is 2.11. The third-order valence-corrected chi connectivity index (χ3v) is 5.82. The van der Waals surface area contributed by atoms with E-state index in [4.69, 9.17) is 0 Å². The maximum Gasteiger partial charge on any atom is 0.108 e. The van der Waals surface area contributed by atoms with Crippen molar-refractivity contribution >= 4 is 13.4 Å². The van der Waals surface area contributed by atoms with Crippen LogP contribution in [0.15, 0.2) is 54.7 Å². The molecule has 0 radical (unpaired) electrons. The third-order valence-electron chi connectivity index (χ3n) is 2.85. The summed E-state index contributed by atoms with van der Waals surface area (Å²) in [5.74, 6) is 0. The van der Waals surface area contributed by atoms with Gasteiger partial charge in [-0.15, -0.1) is 0 Å². The normalized spacial score (nSPS) is 11.4. The summed E-state index contributed by atoms with van der Waals surface area (Å²) >= 11 is 0. The number of benzene rings is 1. The van der Waals surface area contributed by atoms with Crippen LogP contribution in [0.5, 0.6) is 0 Å². The Labute approximate surface area is 98.2 Å². The Morgan fingerprint density at radius 2 is 1.62 bits per heavy atom. The van der Waals surface area contributed by atoms with Gasteiger partial charge in [0, 0.05) is 11.5 Å². The molecule has 0 saturated carbocycles. The third kappa shape index (κ3) is 2.58. The van der Waals surface area contributed by atoms with E-state index >= 15 is 0 Å². The van der Waals surface area contributed by atoms with E-state index in [-0.39, 0.29) is 0 Å². The van der Waals surface area contributed by atoms with Crippen molar-refractivity contribution in [3.63, 3.8) is 0 Å². The molecule has 1 aromatic heterocycles. The minimum absolute atomic E-state index is 1.16. The van der Waals surface area contributed by atoms with Crippen LogP contribution in [0.25, 0.3) is 0 Å². The van der Waals surface area contributed by atoms with Gasteiger partial charge in [0.25, 0.3) is 0 Å². The van der Waals surface area contributed by atoms with Gasteiger partial charge < -0.3 is 0 Å². The average Bonchev–Trinajstić information content (AvgIpc) is 2.31. The fourth-order valence-electron chi connectivity index (χ4n) is 1.96. The van der Waals surface area contributed by atoms with E-state index in [2.05, 4.69) is 60.5 Å². The Hall–Kier alpha value is -1.41. The highest BCUT2D eigenvalue weighted by atomic mass is 28.3. The fraction of sp³-hybridized carbons (Fsp3) is 0.214. The molecule has 0 N–H and O–H groups in total. The molecular formula is C14H17NSi. The summed E-state index contributed by atoms with van der Waals surface area (Å²) in [5, 5.41) is 1.29. The molecule has 16 heavy (non-hydrogen) atoms. The zero-order valence-electron chi connectivity index (χ0n) is 9.85. The summed E-state index contributed by atoms with van der Waals surface area (Å²) in [4.78, 5) is 4.51. The van der Waals surface area contributed by atoms with Crippen molar-refractivity contribution in [1.29, 1.82) is 0 Å². The molecule has 1 nitrogen and oxygen atoms in total. The Morgan fingerprint density at radius 1 is 0.938 bits per heavy atom. The van der Waals surface area contributed by atoms with E-state index in [1.165, 1.54) is 10.9 Å². The molecule has 1 aromatic carbocycles. The lowest BCUT2D eigenvalue weighted by atomic mass is 10.2. The fourth-order valence-corrected chi connectivity index (χ4v) is 4.37. The van der Waals surface area contributed by atoms with Crippen LogP contribution < -0.4 is 5.32 Å². The molecule has 2 heteroatoms. The molecule has 0 amide bonds. The van der Waals surface area contributed by atoms with Crippen LogP contribution in [0, 0.1) is 0 Å². The number of pyridine rings is 1. The summed E-state index contributed by atoms with van der Waals surface area (Å²) in [6.07, 6.45) is 1.90. The maximum absolute atomic E-state index is 4.51. The predicted molar refractivity (Wildman–Crippen MR) is 71.5 cm³/mol. The summed E-state index contributed by atoms with van der Waals surface area (Å²) in [6, 6.07) is 18.1. The van der Waals surface area contributed by atoms with Gasteiger partial charge in [-0.05, 0) is 18.2 Å². The molecule has 2 rings (SSSR count). The molecule has 0 aliphatic heterocycles. The minimum atomic E-state index is -1.43. The van der Waals surface area contributed by atoms with E-state index in [1.54, 1.807) is 0 Å². The zero-order chi connectivity index (χ0) is 11.4. The van der Waals surface area contributed by atoms with Crippen molar-refractivity contribution in [2.45, 2.75) is 19.1 Å². The second kappa shape index (κ2) is 4.62. The van der Waals surface area contributed by atoms with Gasteiger partial charge in [0.2, 0.25) is 0 Å². The first kappa shape index (κ1) is 11.1. The van der Waals surface area contributed by atoms with Crippen LogP contribution in [0.3, 0.4) is 0 Å². The second-order valence-electron chi connectivity index (χ2n) is 4.76. The number of aromatic nitrogens is 1. The van der Waals surface area contributed by atoms with Crippen molar-refractivity contribution in [3.05, 3.63) is 60.3 Å². The van der Waals surface area contributed by atoms with Crippen LogP contribution in [-0.2, 0) is 6.04 Å². The average molecular weight is 227 g/mol. The van der Waals surface area contributed by atoms with Gasteiger partial charge in [0.1, 0.15) is 8.07 Å². The van der Waals surface area contributed by atoms with Crippen molar-refractivity contribution < 1.29 is 0 Å². The molecule has 0 aliphatic rings. The van der Waals surface area contributed by atoms with Crippen LogP contribution in [0.4, 0.5) is 0 Å². The number of rotatable bonds is 3. The highest BCUT2D eigenvalue weighted by Gasteiger charge is 2.24. The van der Waals surface area contributed by atoms with Crippen LogP contribution in [0.2, 0.25) is 13.1 Å².